The average molecular weight is 276 g/mol. The van der Waals surface area contributed by atoms with E-state index in [0.29, 0.717) is 0 Å². The van der Waals surface area contributed by atoms with Crippen LogP contribution in [0.5, 0.6) is 0 Å². The van der Waals surface area contributed by atoms with Crippen LogP contribution < -0.4 is 0 Å². The van der Waals surface area contributed by atoms with E-state index in [0.717, 1.165) is 0 Å². The van der Waals surface area contributed by atoms with Gasteiger partial charge in [0.2, 0.25) is 0 Å². The van der Waals surface area contributed by atoms with Crippen molar-refractivity contribution in [3.8, 4) is 0 Å². The molecule has 0 aliphatic carbocycles. The van der Waals surface area contributed by atoms with Crippen molar-refractivity contribution in [1.29, 1.82) is 0 Å². The molecule has 0 radical (unpaired) electrons. The molecule has 8 N–H and O–H groups in total. The minimum absolute atomic E-state index is 0. The molecule has 0 bridgehead atoms. The van der Waals surface area contributed by atoms with Crippen LogP contribution in [0.3, 0.4) is 0 Å². The zero-order valence-corrected chi connectivity index (χ0v) is 11.5. The standard InChI is InChI=1S/C2H6O2.4C2H4.3H2O.Ti/c3-1-2-4;4*1-2;;;;/h3-4H,1-2H2;4*1-2H2;3*1H2;. The first-order valence-electron chi connectivity index (χ1n) is 3.13. The van der Waals surface area contributed by atoms with E-state index in [-0.39, 0.29) is 51.4 Å². The van der Waals surface area contributed by atoms with Gasteiger partial charge in [-0.2, -0.15) is 0 Å². The molecule has 0 aromatic heterocycles. The summed E-state index contributed by atoms with van der Waals surface area (Å²) >= 11 is 0. The van der Waals surface area contributed by atoms with Crippen molar-refractivity contribution >= 4 is 0 Å². The molecule has 0 unspecified atom stereocenters. The van der Waals surface area contributed by atoms with Gasteiger partial charge in [-0.3, -0.25) is 0 Å². The first-order chi connectivity index (χ1) is 5.91. The normalized spacial score (nSPS) is 2.88. The smallest absolute Gasteiger partial charge is 0.0662 e. The van der Waals surface area contributed by atoms with Crippen LogP contribution in [0.15, 0.2) is 52.6 Å². The molecule has 5 nitrogen and oxygen atoms in total. The molecule has 0 heterocycles. The topological polar surface area (TPSA) is 135 Å². The van der Waals surface area contributed by atoms with E-state index in [1.807, 2.05) is 0 Å². The number of aliphatic hydroxyl groups is 2. The number of aliphatic hydroxyl groups excluding tert-OH is 2. The summed E-state index contributed by atoms with van der Waals surface area (Å²) < 4.78 is 0. The predicted molar refractivity (Wildman–Crippen MR) is 70.0 cm³/mol. The zero-order chi connectivity index (χ0) is 11.4. The van der Waals surface area contributed by atoms with Gasteiger partial charge in [-0.15, -0.1) is 52.6 Å². The van der Waals surface area contributed by atoms with Gasteiger partial charge in [0.1, 0.15) is 0 Å². The second kappa shape index (κ2) is 1210. The fourth-order valence-corrected chi connectivity index (χ4v) is 0. The largest absolute Gasteiger partial charge is 0.412 e. The Balaban J connectivity index is -0.00000000536. The molecule has 0 rings (SSSR count). The van der Waals surface area contributed by atoms with Crippen LogP contribution in [0.4, 0.5) is 0 Å². The molecule has 0 fully saturated rings. The van der Waals surface area contributed by atoms with Crippen LogP contribution in [0, 0.1) is 0 Å². The Labute approximate surface area is 114 Å². The predicted octanol–water partition coefficient (Wildman–Crippen LogP) is -0.297. The Hall–Kier alpha value is -0.526. The molecular weight excluding hydrogens is 248 g/mol. The maximum Gasteiger partial charge on any atom is 0.0662 e. The van der Waals surface area contributed by atoms with Crippen LogP contribution in [0.25, 0.3) is 0 Å². The van der Waals surface area contributed by atoms with E-state index >= 15 is 0 Å². The quantitative estimate of drug-likeness (QED) is 0.502. The maximum atomic E-state index is 7.62. The number of hydrogen-bond donors (Lipinski definition) is 2. The first kappa shape index (κ1) is 77.3. The SMILES string of the molecule is C=C.C=C.C=C.C=C.O.O.O.OCCO.[Ti]. The van der Waals surface area contributed by atoms with Gasteiger partial charge in [0.25, 0.3) is 0 Å². The molecule has 0 amide bonds. The fourth-order valence-electron chi connectivity index (χ4n) is 0. The molecule has 0 saturated heterocycles. The summed E-state index contributed by atoms with van der Waals surface area (Å²) in [6.45, 7) is 23.8. The van der Waals surface area contributed by atoms with Crippen molar-refractivity contribution in [1.82, 2.24) is 0 Å². The molecule has 0 spiro atoms. The molecule has 102 valence electrons. The minimum atomic E-state index is -0.125. The average Bonchev–Trinajstić information content (AvgIpc) is 2.29. The second-order valence-corrected chi connectivity index (χ2v) is 0.447. The Morgan fingerprint density at radius 1 is 0.500 bits per heavy atom. The molecule has 0 aromatic rings. The summed E-state index contributed by atoms with van der Waals surface area (Å²) in [7, 11) is 0. The minimum Gasteiger partial charge on any atom is -0.412 e. The summed E-state index contributed by atoms with van der Waals surface area (Å²) in [6, 6.07) is 0. The van der Waals surface area contributed by atoms with Gasteiger partial charge in [0.15, 0.2) is 0 Å². The van der Waals surface area contributed by atoms with E-state index in [1.54, 1.807) is 0 Å². The Morgan fingerprint density at radius 2 is 0.562 bits per heavy atom. The zero-order valence-electron chi connectivity index (χ0n) is 9.97. The van der Waals surface area contributed by atoms with Crippen molar-refractivity contribution < 1.29 is 48.4 Å². The van der Waals surface area contributed by atoms with Gasteiger partial charge in [-0.05, 0) is 0 Å². The van der Waals surface area contributed by atoms with Gasteiger partial charge in [0.05, 0.1) is 13.2 Å². The van der Waals surface area contributed by atoms with Gasteiger partial charge in [0, 0.05) is 21.7 Å². The third kappa shape index (κ3) is 9320. The van der Waals surface area contributed by atoms with E-state index in [1.165, 1.54) is 0 Å². The third-order valence-corrected chi connectivity index (χ3v) is 0.1000. The Morgan fingerprint density at radius 3 is 0.562 bits per heavy atom. The number of hydrogen-bond acceptors (Lipinski definition) is 2. The Kier molecular flexibility index (Phi) is 5840. The summed E-state index contributed by atoms with van der Waals surface area (Å²) in [6.07, 6.45) is 0. The van der Waals surface area contributed by atoms with Gasteiger partial charge in [-0.25, -0.2) is 0 Å². The van der Waals surface area contributed by atoms with Crippen molar-refractivity contribution in [2.24, 2.45) is 0 Å². The van der Waals surface area contributed by atoms with Crippen LogP contribution in [-0.4, -0.2) is 39.9 Å². The molecule has 6 heteroatoms. The van der Waals surface area contributed by atoms with Crippen molar-refractivity contribution in [2.45, 2.75) is 0 Å². The van der Waals surface area contributed by atoms with Crippen molar-refractivity contribution in [3.63, 3.8) is 0 Å². The molecule has 0 atom stereocenters. The fraction of sp³-hybridized carbons (Fsp3) is 0.200. The number of rotatable bonds is 1. The summed E-state index contributed by atoms with van der Waals surface area (Å²) in [5.41, 5.74) is 0. The maximum absolute atomic E-state index is 7.62. The van der Waals surface area contributed by atoms with E-state index in [2.05, 4.69) is 52.6 Å². The van der Waals surface area contributed by atoms with Gasteiger partial charge in [-0.1, -0.05) is 0 Å². The molecule has 0 aromatic carbocycles. The van der Waals surface area contributed by atoms with Crippen LogP contribution >= 0.6 is 0 Å². The van der Waals surface area contributed by atoms with E-state index in [9.17, 15) is 0 Å². The van der Waals surface area contributed by atoms with Gasteiger partial charge < -0.3 is 26.6 Å². The Bertz CT molecular complexity index is 40.2. The molecule has 0 saturated carbocycles. The summed E-state index contributed by atoms with van der Waals surface area (Å²) in [5.74, 6) is 0. The third-order valence-electron chi connectivity index (χ3n) is 0.1000. The van der Waals surface area contributed by atoms with Crippen LogP contribution in [0.1, 0.15) is 0 Å². The summed E-state index contributed by atoms with van der Waals surface area (Å²) in [5, 5.41) is 15.2. The molecule has 0 aliphatic rings. The molecular formula is C10H28O5Ti. The summed E-state index contributed by atoms with van der Waals surface area (Å²) in [4.78, 5) is 0. The van der Waals surface area contributed by atoms with Crippen LogP contribution in [-0.2, 0) is 21.7 Å². The van der Waals surface area contributed by atoms with Crippen molar-refractivity contribution in [3.05, 3.63) is 52.6 Å². The van der Waals surface area contributed by atoms with E-state index < -0.39 is 0 Å². The van der Waals surface area contributed by atoms with E-state index in [4.69, 9.17) is 10.2 Å². The monoisotopic (exact) mass is 276 g/mol. The van der Waals surface area contributed by atoms with Crippen LogP contribution in [0.2, 0.25) is 0 Å². The molecule has 16 heavy (non-hydrogen) atoms. The van der Waals surface area contributed by atoms with Gasteiger partial charge >= 0.3 is 0 Å². The first-order valence-corrected chi connectivity index (χ1v) is 3.13. The molecule has 0 aliphatic heterocycles. The van der Waals surface area contributed by atoms with Crippen molar-refractivity contribution in [2.75, 3.05) is 13.2 Å². The second-order valence-electron chi connectivity index (χ2n) is 0.447.